The van der Waals surface area contributed by atoms with Crippen LogP contribution in [0.25, 0.3) is 10.4 Å². The summed E-state index contributed by atoms with van der Waals surface area (Å²) in [5.74, 6) is 0.334. The van der Waals surface area contributed by atoms with Crippen molar-refractivity contribution in [2.45, 2.75) is 0 Å². The second-order valence-corrected chi connectivity index (χ2v) is 1.69. The summed E-state index contributed by atoms with van der Waals surface area (Å²) in [7, 11) is 0. The van der Waals surface area contributed by atoms with Crippen molar-refractivity contribution >= 4 is 23.4 Å². The third kappa shape index (κ3) is 1.07. The first kappa shape index (κ1) is 5.80. The Kier molecular flexibility index (Phi) is 1.48. The number of hydrogen-bond donors (Lipinski definition) is 1. The maximum Gasteiger partial charge on any atom is 0.184 e. The van der Waals surface area contributed by atoms with Crippen LogP contribution in [-0.2, 0) is 0 Å². The molecule has 9 heavy (non-hydrogen) atoms. The first-order valence-electron chi connectivity index (χ1n) is 1.97. The topological polar surface area (TPSA) is 101 Å². The first-order chi connectivity index (χ1) is 4.34. The lowest BCUT2D eigenvalue weighted by Crippen LogP contribution is -1.81. The van der Waals surface area contributed by atoms with Crippen LogP contribution in [0, 0.1) is 0 Å². The summed E-state index contributed by atoms with van der Waals surface area (Å²) < 4.78 is 7.17. The van der Waals surface area contributed by atoms with Crippen molar-refractivity contribution in [1.29, 1.82) is 0 Å². The highest BCUT2D eigenvalue weighted by Gasteiger charge is 1.97. The van der Waals surface area contributed by atoms with Crippen molar-refractivity contribution in [2.75, 3.05) is 5.73 Å². The molecule has 0 atom stereocenters. The molecule has 0 bridgehead atoms. The summed E-state index contributed by atoms with van der Waals surface area (Å²) in [6, 6.07) is 0. The van der Waals surface area contributed by atoms with Gasteiger partial charge in [0.1, 0.15) is 0 Å². The molecule has 2 N–H and O–H groups in total. The highest BCUT2D eigenvalue weighted by Crippen LogP contribution is 2.16. The van der Waals surface area contributed by atoms with Crippen LogP contribution in [0.2, 0.25) is 0 Å². The van der Waals surface area contributed by atoms with E-state index >= 15 is 0 Å². The van der Waals surface area contributed by atoms with Gasteiger partial charge in [-0.05, 0) is 10.6 Å². The Morgan fingerprint density at radius 3 is 2.89 bits per heavy atom. The fraction of sp³-hybridized carbons (Fsp3) is 0. The smallest absolute Gasteiger partial charge is 0.184 e. The second-order valence-electron chi connectivity index (χ2n) is 1.16. The average Bonchev–Trinajstić information content (AvgIpc) is 2.18. The molecule has 0 aliphatic heterocycles. The van der Waals surface area contributed by atoms with E-state index in [9.17, 15) is 0 Å². The standard InChI is InChI=1S/C2H2N6S/c3-1-2(5-8-4)7-9-6-1/h(H2,3,6). The summed E-state index contributed by atoms with van der Waals surface area (Å²) in [6.45, 7) is 0. The average molecular weight is 142 g/mol. The van der Waals surface area contributed by atoms with Gasteiger partial charge in [0, 0.05) is 4.91 Å². The van der Waals surface area contributed by atoms with E-state index in [1.807, 2.05) is 0 Å². The zero-order valence-electron chi connectivity index (χ0n) is 4.22. The fourth-order valence-electron chi connectivity index (χ4n) is 0.303. The molecule has 0 fully saturated rings. The number of azide groups is 1. The van der Waals surface area contributed by atoms with Gasteiger partial charge in [0.15, 0.2) is 11.6 Å². The van der Waals surface area contributed by atoms with Crippen LogP contribution in [0.1, 0.15) is 0 Å². The van der Waals surface area contributed by atoms with E-state index in [0.717, 1.165) is 11.7 Å². The van der Waals surface area contributed by atoms with Gasteiger partial charge in [0.05, 0.1) is 11.7 Å². The van der Waals surface area contributed by atoms with Crippen LogP contribution < -0.4 is 5.73 Å². The lowest BCUT2D eigenvalue weighted by atomic mass is 10.7. The molecule has 0 aliphatic carbocycles. The molecule has 0 unspecified atom stereocenters. The van der Waals surface area contributed by atoms with Crippen molar-refractivity contribution in [3.63, 3.8) is 0 Å². The zero-order valence-corrected chi connectivity index (χ0v) is 5.04. The molecule has 0 aliphatic rings. The third-order valence-corrected chi connectivity index (χ3v) is 1.17. The van der Waals surface area contributed by atoms with E-state index in [2.05, 4.69) is 18.8 Å². The molecule has 1 rings (SSSR count). The number of anilines is 1. The number of nitrogen functional groups attached to an aromatic ring is 1. The molecule has 7 heteroatoms. The van der Waals surface area contributed by atoms with Crippen LogP contribution in [0.5, 0.6) is 0 Å². The molecule has 46 valence electrons. The highest BCUT2D eigenvalue weighted by molar-refractivity contribution is 6.99. The highest BCUT2D eigenvalue weighted by atomic mass is 32.1. The van der Waals surface area contributed by atoms with E-state index in [-0.39, 0.29) is 11.6 Å². The molecule has 1 heterocycles. The maximum absolute atomic E-state index is 7.90. The molecule has 1 aromatic heterocycles. The normalized spacial score (nSPS) is 8.44. The van der Waals surface area contributed by atoms with Crippen LogP contribution in [0.3, 0.4) is 0 Å². The first-order valence-corrected chi connectivity index (χ1v) is 2.70. The van der Waals surface area contributed by atoms with Gasteiger partial charge in [-0.2, -0.15) is 8.75 Å². The van der Waals surface area contributed by atoms with Gasteiger partial charge in [0.2, 0.25) is 0 Å². The Labute approximate surface area is 54.3 Å². The molecule has 0 amide bonds. The van der Waals surface area contributed by atoms with Crippen LogP contribution in [-0.4, -0.2) is 8.75 Å². The Morgan fingerprint density at radius 2 is 2.44 bits per heavy atom. The van der Waals surface area contributed by atoms with Crippen LogP contribution in [0.15, 0.2) is 5.11 Å². The SMILES string of the molecule is [N-]=[N+]=Nc1nsnc1N. The van der Waals surface area contributed by atoms with Crippen molar-refractivity contribution in [1.82, 2.24) is 8.75 Å². The van der Waals surface area contributed by atoms with E-state index in [0.29, 0.717) is 0 Å². The summed E-state index contributed by atoms with van der Waals surface area (Å²) in [4.78, 5) is 2.49. The van der Waals surface area contributed by atoms with Crippen molar-refractivity contribution in [3.8, 4) is 0 Å². The van der Waals surface area contributed by atoms with Gasteiger partial charge in [-0.3, -0.25) is 0 Å². The van der Waals surface area contributed by atoms with E-state index in [1.165, 1.54) is 0 Å². The molecule has 0 saturated heterocycles. The van der Waals surface area contributed by atoms with E-state index < -0.39 is 0 Å². The number of aromatic nitrogens is 2. The minimum atomic E-state index is 0.155. The predicted octanol–water partition coefficient (Wildman–Crippen LogP) is 1.06. The molecular weight excluding hydrogens is 140 g/mol. The fourth-order valence-corrected chi connectivity index (χ4v) is 0.720. The second kappa shape index (κ2) is 2.29. The predicted molar refractivity (Wildman–Crippen MR) is 33.1 cm³/mol. The molecule has 6 nitrogen and oxygen atoms in total. The number of rotatable bonds is 1. The summed E-state index contributed by atoms with van der Waals surface area (Å²) in [6.07, 6.45) is 0. The van der Waals surface area contributed by atoms with Gasteiger partial charge >= 0.3 is 0 Å². The molecule has 0 spiro atoms. The number of hydrogen-bond acceptors (Lipinski definition) is 5. The Hall–Kier alpha value is -1.33. The minimum Gasteiger partial charge on any atom is -0.381 e. The van der Waals surface area contributed by atoms with Crippen molar-refractivity contribution in [3.05, 3.63) is 10.4 Å². The number of nitrogens with zero attached hydrogens (tertiary/aromatic N) is 5. The molecule has 0 radical (unpaired) electrons. The van der Waals surface area contributed by atoms with Crippen LogP contribution >= 0.6 is 11.7 Å². The molecular formula is C2H2N6S. The van der Waals surface area contributed by atoms with Gasteiger partial charge < -0.3 is 5.73 Å². The maximum atomic E-state index is 7.90. The lowest BCUT2D eigenvalue weighted by Gasteiger charge is -1.77. The minimum absolute atomic E-state index is 0.155. The zero-order chi connectivity index (χ0) is 6.69. The van der Waals surface area contributed by atoms with Gasteiger partial charge in [0.25, 0.3) is 0 Å². The molecule has 1 aromatic rings. The van der Waals surface area contributed by atoms with Crippen molar-refractivity contribution in [2.24, 2.45) is 5.11 Å². The Bertz CT molecular complexity index is 245. The summed E-state index contributed by atoms with van der Waals surface area (Å²) in [5.41, 5.74) is 13.1. The van der Waals surface area contributed by atoms with Crippen LogP contribution in [0.4, 0.5) is 11.6 Å². The summed E-state index contributed by atoms with van der Waals surface area (Å²) in [5, 5.41) is 3.16. The monoisotopic (exact) mass is 142 g/mol. The van der Waals surface area contributed by atoms with E-state index in [4.69, 9.17) is 11.3 Å². The van der Waals surface area contributed by atoms with Crippen molar-refractivity contribution < 1.29 is 0 Å². The quantitative estimate of drug-likeness (QED) is 0.360. The number of nitrogens with two attached hydrogens (primary N) is 1. The molecule has 0 saturated carbocycles. The molecule has 0 aromatic carbocycles. The Morgan fingerprint density at radius 1 is 1.67 bits per heavy atom. The third-order valence-electron chi connectivity index (χ3n) is 0.635. The lowest BCUT2D eigenvalue weighted by molar-refractivity contribution is 1.38. The van der Waals surface area contributed by atoms with Gasteiger partial charge in [-0.1, -0.05) is 0 Å². The van der Waals surface area contributed by atoms with Gasteiger partial charge in [-0.15, -0.1) is 0 Å². The largest absolute Gasteiger partial charge is 0.381 e. The van der Waals surface area contributed by atoms with E-state index in [1.54, 1.807) is 0 Å². The summed E-state index contributed by atoms with van der Waals surface area (Å²) >= 11 is 0.916. The Balaban J connectivity index is 3.07. The van der Waals surface area contributed by atoms with Gasteiger partial charge in [-0.25, -0.2) is 0 Å².